The van der Waals surface area contributed by atoms with E-state index in [1.807, 2.05) is 24.4 Å². The maximum atomic E-state index is 4.79. The number of imidazole rings is 1. The van der Waals surface area contributed by atoms with Gasteiger partial charge in [0.05, 0.1) is 18.4 Å². The number of hydrogen-bond donors (Lipinski definition) is 2. The Kier molecular flexibility index (Phi) is 9.55. The molecule has 154 valence electrons. The summed E-state index contributed by atoms with van der Waals surface area (Å²) in [6.45, 7) is 12.3. The number of nitrogens with one attached hydrogen (secondary N) is 2. The van der Waals surface area contributed by atoms with E-state index < -0.39 is 0 Å². The maximum Gasteiger partial charge on any atom is 0.194 e. The van der Waals surface area contributed by atoms with Crippen LogP contribution in [-0.4, -0.2) is 65.5 Å². The number of H-pyrrole nitrogens is 1. The summed E-state index contributed by atoms with van der Waals surface area (Å²) < 4.78 is 0. The molecule has 1 aromatic carbocycles. The van der Waals surface area contributed by atoms with E-state index in [0.717, 1.165) is 62.2 Å². The highest BCUT2D eigenvalue weighted by molar-refractivity contribution is 5.79. The van der Waals surface area contributed by atoms with Gasteiger partial charge in [-0.2, -0.15) is 0 Å². The molecule has 0 spiro atoms. The van der Waals surface area contributed by atoms with Crippen LogP contribution in [0.4, 0.5) is 0 Å². The summed E-state index contributed by atoms with van der Waals surface area (Å²) in [4.78, 5) is 17.3. The Morgan fingerprint density at radius 2 is 1.86 bits per heavy atom. The van der Waals surface area contributed by atoms with Crippen molar-refractivity contribution in [2.24, 2.45) is 4.99 Å². The number of benzene rings is 1. The van der Waals surface area contributed by atoms with Crippen LogP contribution in [0.5, 0.6) is 0 Å². The third-order valence-corrected chi connectivity index (χ3v) is 4.84. The molecule has 0 fully saturated rings. The molecule has 28 heavy (non-hydrogen) atoms. The summed E-state index contributed by atoms with van der Waals surface area (Å²) in [6, 6.07) is 10.3. The molecule has 2 N–H and O–H groups in total. The second-order valence-electron chi connectivity index (χ2n) is 6.94. The zero-order chi connectivity index (χ0) is 20.2. The molecular weight excluding hydrogens is 348 g/mol. The van der Waals surface area contributed by atoms with Crippen LogP contribution in [0.3, 0.4) is 0 Å². The molecule has 1 aromatic heterocycles. The number of nitrogens with zero attached hydrogens (tertiary/aromatic N) is 4. The largest absolute Gasteiger partial charge is 0.357 e. The minimum absolute atomic E-state index is 0.693. The Hall–Kier alpha value is -2.34. The summed E-state index contributed by atoms with van der Waals surface area (Å²) in [5.74, 6) is 1.87. The van der Waals surface area contributed by atoms with Crippen LogP contribution >= 0.6 is 0 Å². The third kappa shape index (κ3) is 7.00. The van der Waals surface area contributed by atoms with E-state index in [2.05, 4.69) is 65.0 Å². The first kappa shape index (κ1) is 22.0. The summed E-state index contributed by atoms with van der Waals surface area (Å²) in [7, 11) is 2.06. The Balaban J connectivity index is 1.88. The molecule has 0 aliphatic heterocycles. The first-order chi connectivity index (χ1) is 13.7. The van der Waals surface area contributed by atoms with Gasteiger partial charge in [-0.3, -0.25) is 4.99 Å². The predicted molar refractivity (Wildman–Crippen MR) is 118 cm³/mol. The number of aromatic amines is 1. The number of aliphatic imine (C=N–C) groups is 1. The zero-order valence-corrected chi connectivity index (χ0v) is 17.9. The smallest absolute Gasteiger partial charge is 0.194 e. The Labute approximate surface area is 170 Å². The number of hydrogen-bond acceptors (Lipinski definition) is 3. The Morgan fingerprint density at radius 3 is 2.54 bits per heavy atom. The quantitative estimate of drug-likeness (QED) is 0.353. The van der Waals surface area contributed by atoms with Gasteiger partial charge in [-0.05, 0) is 45.0 Å². The van der Waals surface area contributed by atoms with Crippen LogP contribution < -0.4 is 5.32 Å². The molecule has 0 amide bonds. The van der Waals surface area contributed by atoms with E-state index in [1.54, 1.807) is 0 Å². The molecule has 0 aliphatic carbocycles. The second kappa shape index (κ2) is 12.2. The van der Waals surface area contributed by atoms with E-state index in [-0.39, 0.29) is 0 Å². The molecule has 0 saturated heterocycles. The molecule has 0 atom stereocenters. The molecule has 2 rings (SSSR count). The van der Waals surface area contributed by atoms with Crippen molar-refractivity contribution in [3.05, 3.63) is 42.4 Å². The van der Waals surface area contributed by atoms with Gasteiger partial charge in [0.2, 0.25) is 0 Å². The van der Waals surface area contributed by atoms with E-state index in [4.69, 9.17) is 4.99 Å². The Bertz CT molecular complexity index is 690. The summed E-state index contributed by atoms with van der Waals surface area (Å²) >= 11 is 0. The lowest BCUT2D eigenvalue weighted by atomic mass is 10.2. The number of unbranched alkanes of at least 4 members (excludes halogenated alkanes) is 1. The van der Waals surface area contributed by atoms with E-state index in [1.165, 1.54) is 6.42 Å². The van der Waals surface area contributed by atoms with E-state index >= 15 is 0 Å². The normalized spacial score (nSPS) is 11.8. The van der Waals surface area contributed by atoms with Crippen LogP contribution in [0.2, 0.25) is 0 Å². The minimum atomic E-state index is 0.693. The SMILES string of the molecule is CCNC(=NCCCCN(CC)CC)N(C)Cc1ncc(-c2ccccc2)[nH]1. The van der Waals surface area contributed by atoms with E-state index in [9.17, 15) is 0 Å². The van der Waals surface area contributed by atoms with Gasteiger partial charge in [0.1, 0.15) is 5.82 Å². The lowest BCUT2D eigenvalue weighted by Gasteiger charge is -2.21. The van der Waals surface area contributed by atoms with Crippen molar-refractivity contribution >= 4 is 5.96 Å². The van der Waals surface area contributed by atoms with Gasteiger partial charge in [-0.25, -0.2) is 4.98 Å². The lowest BCUT2D eigenvalue weighted by molar-refractivity contribution is 0.297. The van der Waals surface area contributed by atoms with Crippen LogP contribution in [-0.2, 0) is 6.54 Å². The first-order valence-electron chi connectivity index (χ1n) is 10.5. The van der Waals surface area contributed by atoms with E-state index in [0.29, 0.717) is 6.54 Å². The first-order valence-corrected chi connectivity index (χ1v) is 10.5. The second-order valence-corrected chi connectivity index (χ2v) is 6.94. The molecule has 0 saturated carbocycles. The van der Waals surface area contributed by atoms with Crippen molar-refractivity contribution in [3.63, 3.8) is 0 Å². The van der Waals surface area contributed by atoms with Crippen molar-refractivity contribution in [2.75, 3.05) is 39.8 Å². The summed E-state index contributed by atoms with van der Waals surface area (Å²) in [5, 5.41) is 3.39. The van der Waals surface area contributed by atoms with Crippen molar-refractivity contribution in [1.29, 1.82) is 0 Å². The molecule has 2 aromatic rings. The van der Waals surface area contributed by atoms with Gasteiger partial charge < -0.3 is 20.1 Å². The lowest BCUT2D eigenvalue weighted by Crippen LogP contribution is -2.38. The molecule has 0 bridgehead atoms. The molecule has 0 unspecified atom stereocenters. The fourth-order valence-electron chi connectivity index (χ4n) is 3.15. The van der Waals surface area contributed by atoms with Gasteiger partial charge in [-0.1, -0.05) is 44.2 Å². The monoisotopic (exact) mass is 384 g/mol. The van der Waals surface area contributed by atoms with Crippen molar-refractivity contribution < 1.29 is 0 Å². The number of guanidine groups is 1. The average molecular weight is 385 g/mol. The highest BCUT2D eigenvalue weighted by atomic mass is 15.3. The van der Waals surface area contributed by atoms with Crippen LogP contribution in [0.1, 0.15) is 39.4 Å². The van der Waals surface area contributed by atoms with Gasteiger partial charge in [0.15, 0.2) is 5.96 Å². The van der Waals surface area contributed by atoms with Gasteiger partial charge in [0, 0.05) is 20.1 Å². The highest BCUT2D eigenvalue weighted by Crippen LogP contribution is 2.16. The average Bonchev–Trinajstić information content (AvgIpc) is 3.19. The molecule has 1 heterocycles. The summed E-state index contributed by atoms with van der Waals surface area (Å²) in [5.41, 5.74) is 2.19. The molecular formula is C22H36N6. The highest BCUT2D eigenvalue weighted by Gasteiger charge is 2.10. The number of aromatic nitrogens is 2. The van der Waals surface area contributed by atoms with Gasteiger partial charge in [0.25, 0.3) is 0 Å². The predicted octanol–water partition coefficient (Wildman–Crippen LogP) is 3.60. The third-order valence-electron chi connectivity index (χ3n) is 4.84. The van der Waals surface area contributed by atoms with Crippen molar-refractivity contribution in [1.82, 2.24) is 25.1 Å². The molecule has 0 radical (unpaired) electrons. The molecule has 0 aliphatic rings. The van der Waals surface area contributed by atoms with Crippen molar-refractivity contribution in [3.8, 4) is 11.3 Å². The fraction of sp³-hybridized carbons (Fsp3) is 0.545. The van der Waals surface area contributed by atoms with Crippen LogP contribution in [0.25, 0.3) is 11.3 Å². The number of rotatable bonds is 11. The van der Waals surface area contributed by atoms with Crippen molar-refractivity contribution in [2.45, 2.75) is 40.2 Å². The van der Waals surface area contributed by atoms with Gasteiger partial charge in [-0.15, -0.1) is 0 Å². The standard InChI is InChI=1S/C22H36N6/c1-5-23-22(24-15-11-12-16-28(6-2)7-3)27(4)18-21-25-17-20(26-21)19-13-9-8-10-14-19/h8-10,13-14,17H,5-7,11-12,15-16,18H2,1-4H3,(H,23,24)(H,25,26). The molecule has 6 nitrogen and oxygen atoms in total. The van der Waals surface area contributed by atoms with Gasteiger partial charge >= 0.3 is 0 Å². The molecule has 6 heteroatoms. The fourth-order valence-corrected chi connectivity index (χ4v) is 3.15. The zero-order valence-electron chi connectivity index (χ0n) is 17.9. The Morgan fingerprint density at radius 1 is 1.11 bits per heavy atom. The van der Waals surface area contributed by atoms with Crippen LogP contribution in [0, 0.1) is 0 Å². The van der Waals surface area contributed by atoms with Crippen LogP contribution in [0.15, 0.2) is 41.5 Å². The maximum absolute atomic E-state index is 4.79. The summed E-state index contributed by atoms with van der Waals surface area (Å²) in [6.07, 6.45) is 4.20. The minimum Gasteiger partial charge on any atom is -0.357 e. The topological polar surface area (TPSA) is 59.6 Å².